The predicted octanol–water partition coefficient (Wildman–Crippen LogP) is 3.45. The molecule has 142 valence electrons. The number of guanidine groups is 1. The summed E-state index contributed by atoms with van der Waals surface area (Å²) in [5, 5.41) is 6.08. The first-order valence-corrected chi connectivity index (χ1v) is 9.31. The van der Waals surface area contributed by atoms with Gasteiger partial charge in [-0.3, -0.25) is 4.21 Å². The molecule has 2 aromatic carbocycles. The quantitative estimate of drug-likeness (QED) is 0.353. The highest BCUT2D eigenvalue weighted by Crippen LogP contribution is 2.10. The van der Waals surface area contributed by atoms with Gasteiger partial charge in [-0.25, -0.2) is 13.8 Å². The Balaban J connectivity index is 0.00000338. The maximum atomic E-state index is 13.6. The van der Waals surface area contributed by atoms with E-state index in [-0.39, 0.29) is 36.1 Å². The van der Waals surface area contributed by atoms with Gasteiger partial charge in [-0.2, -0.15) is 0 Å². The van der Waals surface area contributed by atoms with E-state index in [2.05, 4.69) is 15.6 Å². The molecule has 0 aromatic heterocycles. The Kier molecular flexibility index (Phi) is 10.3. The molecule has 0 heterocycles. The van der Waals surface area contributed by atoms with E-state index in [9.17, 15) is 13.0 Å². The highest BCUT2D eigenvalue weighted by atomic mass is 127. The molecule has 2 N–H and O–H groups in total. The summed E-state index contributed by atoms with van der Waals surface area (Å²) in [5.41, 5.74) is 0.185. The van der Waals surface area contributed by atoms with Crippen LogP contribution in [0.5, 0.6) is 0 Å². The molecule has 4 nitrogen and oxygen atoms in total. The van der Waals surface area contributed by atoms with Crippen LogP contribution >= 0.6 is 24.0 Å². The molecule has 0 aliphatic rings. The van der Waals surface area contributed by atoms with Crippen molar-refractivity contribution in [3.8, 4) is 0 Å². The molecule has 0 aliphatic carbocycles. The summed E-state index contributed by atoms with van der Waals surface area (Å²) in [4.78, 5) is 5.02. The monoisotopic (exact) mass is 493 g/mol. The van der Waals surface area contributed by atoms with Crippen molar-refractivity contribution in [3.63, 3.8) is 0 Å². The summed E-state index contributed by atoms with van der Waals surface area (Å²) in [7, 11) is -1.11. The largest absolute Gasteiger partial charge is 0.357 e. The zero-order valence-electron chi connectivity index (χ0n) is 14.4. The van der Waals surface area contributed by atoms with Gasteiger partial charge in [0.05, 0.1) is 17.3 Å². The van der Waals surface area contributed by atoms with Crippen molar-refractivity contribution < 1.29 is 13.0 Å². The van der Waals surface area contributed by atoms with Crippen molar-refractivity contribution >= 4 is 40.7 Å². The van der Waals surface area contributed by atoms with Crippen LogP contribution in [0.25, 0.3) is 0 Å². The highest BCUT2D eigenvalue weighted by Gasteiger charge is 2.06. The lowest BCUT2D eigenvalue weighted by Gasteiger charge is -2.11. The van der Waals surface area contributed by atoms with Crippen molar-refractivity contribution in [2.45, 2.75) is 18.4 Å². The Bertz CT molecular complexity index is 744. The molecular weight excluding hydrogens is 471 g/mol. The normalized spacial score (nSPS) is 12.2. The number of nitrogens with one attached hydrogen (secondary N) is 2. The van der Waals surface area contributed by atoms with Crippen molar-refractivity contribution in [3.05, 3.63) is 65.7 Å². The molecule has 1 atom stereocenters. The Labute approximate surface area is 172 Å². The van der Waals surface area contributed by atoms with Gasteiger partial charge in [0.1, 0.15) is 11.6 Å². The minimum absolute atomic E-state index is 0. The van der Waals surface area contributed by atoms with E-state index < -0.39 is 22.4 Å². The predicted molar refractivity (Wildman–Crippen MR) is 112 cm³/mol. The van der Waals surface area contributed by atoms with Crippen LogP contribution in [0.2, 0.25) is 0 Å². The third kappa shape index (κ3) is 7.36. The second kappa shape index (κ2) is 11.9. The van der Waals surface area contributed by atoms with Gasteiger partial charge in [-0.15, -0.1) is 24.0 Å². The number of benzene rings is 2. The summed E-state index contributed by atoms with van der Waals surface area (Å²) in [6.07, 6.45) is 0. The fraction of sp³-hybridized carbons (Fsp3) is 0.278. The third-order valence-corrected chi connectivity index (χ3v) is 4.72. The van der Waals surface area contributed by atoms with Gasteiger partial charge in [0.25, 0.3) is 0 Å². The molecule has 2 rings (SSSR count). The minimum atomic E-state index is -1.11. The van der Waals surface area contributed by atoms with Crippen molar-refractivity contribution in [2.24, 2.45) is 4.99 Å². The van der Waals surface area contributed by atoms with Gasteiger partial charge in [-0.05, 0) is 37.3 Å². The van der Waals surface area contributed by atoms with E-state index in [0.29, 0.717) is 24.8 Å². The lowest BCUT2D eigenvalue weighted by molar-refractivity contribution is 0.585. The van der Waals surface area contributed by atoms with Crippen LogP contribution in [0.15, 0.2) is 58.4 Å². The van der Waals surface area contributed by atoms with Gasteiger partial charge in [0.2, 0.25) is 0 Å². The Morgan fingerprint density at radius 3 is 2.54 bits per heavy atom. The highest BCUT2D eigenvalue weighted by molar-refractivity contribution is 14.0. The van der Waals surface area contributed by atoms with Gasteiger partial charge < -0.3 is 10.6 Å². The number of hydrogen-bond donors (Lipinski definition) is 2. The molecule has 2 aromatic rings. The maximum absolute atomic E-state index is 13.6. The number of rotatable bonds is 7. The third-order valence-electron chi connectivity index (χ3n) is 3.35. The van der Waals surface area contributed by atoms with Crippen LogP contribution < -0.4 is 10.6 Å². The average Bonchev–Trinajstić information content (AvgIpc) is 2.63. The molecule has 0 radical (unpaired) electrons. The first-order chi connectivity index (χ1) is 12.1. The van der Waals surface area contributed by atoms with Gasteiger partial charge in [0, 0.05) is 29.3 Å². The number of hydrogen-bond acceptors (Lipinski definition) is 2. The molecule has 0 amide bonds. The minimum Gasteiger partial charge on any atom is -0.357 e. The van der Waals surface area contributed by atoms with Crippen molar-refractivity contribution in [1.29, 1.82) is 0 Å². The van der Waals surface area contributed by atoms with Crippen molar-refractivity contribution in [1.82, 2.24) is 10.6 Å². The van der Waals surface area contributed by atoms with E-state index in [1.54, 1.807) is 0 Å². The van der Waals surface area contributed by atoms with Gasteiger partial charge >= 0.3 is 0 Å². The first kappa shape index (κ1) is 22.5. The van der Waals surface area contributed by atoms with E-state index in [1.165, 1.54) is 0 Å². The van der Waals surface area contributed by atoms with Crippen LogP contribution in [0.4, 0.5) is 8.78 Å². The topological polar surface area (TPSA) is 53.5 Å². The fourth-order valence-corrected chi connectivity index (χ4v) is 3.11. The molecule has 0 fully saturated rings. The standard InChI is InChI=1S/C18H21F2N3OS.HI/c1-2-21-18(23-13-14-12-15(19)8-9-17(14)20)22-10-11-25(24)16-6-4-3-5-7-16;/h3-9,12H,2,10-11,13H2,1H3,(H2,21,22,23);1H. The molecule has 0 saturated heterocycles. The lowest BCUT2D eigenvalue weighted by atomic mass is 10.2. The number of halogens is 3. The Morgan fingerprint density at radius 1 is 1.12 bits per heavy atom. The van der Waals surface area contributed by atoms with Crippen LogP contribution in [-0.2, 0) is 17.3 Å². The summed E-state index contributed by atoms with van der Waals surface area (Å²) < 4.78 is 39.0. The molecule has 0 spiro atoms. The fourth-order valence-electron chi connectivity index (χ4n) is 2.12. The molecule has 0 aliphatic heterocycles. The smallest absolute Gasteiger partial charge is 0.191 e. The summed E-state index contributed by atoms with van der Waals surface area (Å²) in [5.74, 6) is -0.104. The van der Waals surface area contributed by atoms with E-state index in [1.807, 2.05) is 37.3 Å². The van der Waals surface area contributed by atoms with Gasteiger partial charge in [-0.1, -0.05) is 18.2 Å². The van der Waals surface area contributed by atoms with Crippen molar-refractivity contribution in [2.75, 3.05) is 18.8 Å². The molecule has 8 heteroatoms. The Hall–Kier alpha value is -1.55. The maximum Gasteiger partial charge on any atom is 0.191 e. The summed E-state index contributed by atoms with van der Waals surface area (Å²) in [6, 6.07) is 12.5. The van der Waals surface area contributed by atoms with E-state index in [4.69, 9.17) is 0 Å². The molecule has 0 bridgehead atoms. The van der Waals surface area contributed by atoms with Crippen LogP contribution in [0.1, 0.15) is 12.5 Å². The summed E-state index contributed by atoms with van der Waals surface area (Å²) in [6.45, 7) is 2.99. The van der Waals surface area contributed by atoms with E-state index >= 15 is 0 Å². The molecular formula is C18H22F2IN3OS. The lowest BCUT2D eigenvalue weighted by Crippen LogP contribution is -2.39. The van der Waals surface area contributed by atoms with Crippen LogP contribution in [0.3, 0.4) is 0 Å². The second-order valence-electron chi connectivity index (χ2n) is 5.22. The SMILES string of the molecule is CCNC(=NCc1cc(F)ccc1F)NCCS(=O)c1ccccc1.I. The zero-order valence-corrected chi connectivity index (χ0v) is 17.5. The van der Waals surface area contributed by atoms with Gasteiger partial charge in [0.15, 0.2) is 5.96 Å². The van der Waals surface area contributed by atoms with Crippen LogP contribution in [0, 0.1) is 11.6 Å². The second-order valence-corrected chi connectivity index (χ2v) is 6.79. The molecule has 1 unspecified atom stereocenters. The van der Waals surface area contributed by atoms with Crippen LogP contribution in [-0.4, -0.2) is 29.0 Å². The average molecular weight is 493 g/mol. The Morgan fingerprint density at radius 2 is 1.85 bits per heavy atom. The zero-order chi connectivity index (χ0) is 18.1. The summed E-state index contributed by atoms with van der Waals surface area (Å²) >= 11 is 0. The molecule has 0 saturated carbocycles. The number of aliphatic imine (C=N–C) groups is 1. The molecule has 26 heavy (non-hydrogen) atoms. The van der Waals surface area contributed by atoms with E-state index in [0.717, 1.165) is 23.1 Å². The first-order valence-electron chi connectivity index (χ1n) is 7.99. The number of nitrogens with zero attached hydrogens (tertiary/aromatic N) is 1.